The number of fused-ring (bicyclic) bond motifs is 1. The van der Waals surface area contributed by atoms with E-state index in [1.807, 2.05) is 44.7 Å². The van der Waals surface area contributed by atoms with Crippen molar-refractivity contribution in [3.8, 4) is 0 Å². The van der Waals surface area contributed by atoms with E-state index in [2.05, 4.69) is 15.4 Å². The maximum atomic E-state index is 13.9. The monoisotopic (exact) mass is 431 g/mol. The maximum Gasteiger partial charge on any atom is 0.260 e. The molecule has 0 saturated carbocycles. The number of nitrogens with one attached hydrogen (secondary N) is 1. The van der Waals surface area contributed by atoms with Crippen molar-refractivity contribution in [2.24, 2.45) is 5.92 Å². The zero-order chi connectivity index (χ0) is 22.3. The van der Waals surface area contributed by atoms with Crippen molar-refractivity contribution in [3.63, 3.8) is 0 Å². The van der Waals surface area contributed by atoms with Crippen LogP contribution in [0.3, 0.4) is 0 Å². The van der Waals surface area contributed by atoms with E-state index in [1.165, 1.54) is 4.68 Å². The summed E-state index contributed by atoms with van der Waals surface area (Å²) in [5.74, 6) is 0.718. The minimum absolute atomic E-state index is 0.0431. The van der Waals surface area contributed by atoms with Gasteiger partial charge in [0.15, 0.2) is 0 Å². The number of hydrogen-bond donors (Lipinski definition) is 1. The SMILES string of the molecule is Cc1ccc(C(=O)N2CCC[C@H]([C@@H]3C[C@H](C(F)F)n4nc(C(C)(C)C)cc4N3)C2)cn1. The van der Waals surface area contributed by atoms with Crippen molar-refractivity contribution < 1.29 is 13.6 Å². The van der Waals surface area contributed by atoms with Gasteiger partial charge in [0.2, 0.25) is 0 Å². The topological polar surface area (TPSA) is 63.1 Å². The molecule has 0 radical (unpaired) electrons. The number of nitrogens with zero attached hydrogens (tertiary/aromatic N) is 4. The van der Waals surface area contributed by atoms with Crippen molar-refractivity contribution >= 4 is 11.7 Å². The van der Waals surface area contributed by atoms with Gasteiger partial charge in [0, 0.05) is 42.5 Å². The highest BCUT2D eigenvalue weighted by molar-refractivity contribution is 5.94. The average molecular weight is 432 g/mol. The van der Waals surface area contributed by atoms with Crippen molar-refractivity contribution in [3.05, 3.63) is 41.3 Å². The number of hydrogen-bond acceptors (Lipinski definition) is 4. The lowest BCUT2D eigenvalue weighted by atomic mass is 9.85. The predicted octanol–water partition coefficient (Wildman–Crippen LogP) is 4.43. The number of alkyl halides is 2. The minimum Gasteiger partial charge on any atom is -0.367 e. The number of pyridine rings is 1. The highest BCUT2D eigenvalue weighted by Gasteiger charge is 2.39. The van der Waals surface area contributed by atoms with E-state index in [0.717, 1.165) is 24.2 Å². The van der Waals surface area contributed by atoms with Crippen molar-refractivity contribution in [1.82, 2.24) is 19.7 Å². The third-order valence-electron chi connectivity index (χ3n) is 6.41. The number of anilines is 1. The first-order valence-electron chi connectivity index (χ1n) is 11.0. The summed E-state index contributed by atoms with van der Waals surface area (Å²) in [5, 5.41) is 7.96. The summed E-state index contributed by atoms with van der Waals surface area (Å²) >= 11 is 0. The van der Waals surface area contributed by atoms with Crippen LogP contribution in [0.15, 0.2) is 24.4 Å². The lowest BCUT2D eigenvalue weighted by molar-refractivity contribution is 0.0504. The van der Waals surface area contributed by atoms with Crippen LogP contribution in [0.2, 0.25) is 0 Å². The number of piperidine rings is 1. The van der Waals surface area contributed by atoms with E-state index >= 15 is 0 Å². The second-order valence-electron chi connectivity index (χ2n) is 9.84. The van der Waals surface area contributed by atoms with Crippen LogP contribution in [0.1, 0.15) is 67.8 Å². The Balaban J connectivity index is 1.53. The lowest BCUT2D eigenvalue weighted by Gasteiger charge is -2.41. The van der Waals surface area contributed by atoms with E-state index < -0.39 is 12.5 Å². The van der Waals surface area contributed by atoms with Gasteiger partial charge in [-0.3, -0.25) is 9.78 Å². The molecule has 168 valence electrons. The van der Waals surface area contributed by atoms with Gasteiger partial charge in [0.25, 0.3) is 12.3 Å². The number of aryl methyl sites for hydroxylation is 1. The van der Waals surface area contributed by atoms with Crippen LogP contribution in [0, 0.1) is 12.8 Å². The average Bonchev–Trinajstić information content (AvgIpc) is 3.18. The molecule has 0 aliphatic carbocycles. The zero-order valence-electron chi connectivity index (χ0n) is 18.6. The summed E-state index contributed by atoms with van der Waals surface area (Å²) < 4.78 is 29.4. The summed E-state index contributed by atoms with van der Waals surface area (Å²) in [4.78, 5) is 19.0. The molecule has 2 aliphatic rings. The van der Waals surface area contributed by atoms with E-state index in [0.29, 0.717) is 30.9 Å². The second-order valence-corrected chi connectivity index (χ2v) is 9.84. The number of aromatic nitrogens is 3. The van der Waals surface area contributed by atoms with Crippen LogP contribution in [-0.2, 0) is 5.41 Å². The first kappa shape index (κ1) is 21.7. The normalized spacial score (nSPS) is 24.1. The molecule has 0 bridgehead atoms. The fraction of sp³-hybridized carbons (Fsp3) is 0.609. The first-order valence-corrected chi connectivity index (χ1v) is 11.0. The van der Waals surface area contributed by atoms with Crippen molar-refractivity contribution in [2.45, 2.75) is 70.9 Å². The van der Waals surface area contributed by atoms with Gasteiger partial charge < -0.3 is 10.2 Å². The van der Waals surface area contributed by atoms with Crippen LogP contribution in [0.4, 0.5) is 14.6 Å². The Kier molecular flexibility index (Phi) is 5.75. The van der Waals surface area contributed by atoms with Gasteiger partial charge in [0.05, 0.1) is 11.3 Å². The summed E-state index contributed by atoms with van der Waals surface area (Å²) in [7, 11) is 0. The fourth-order valence-electron chi connectivity index (χ4n) is 4.55. The molecule has 1 amide bonds. The summed E-state index contributed by atoms with van der Waals surface area (Å²) in [6, 6.07) is 4.45. The molecule has 8 heteroatoms. The third kappa shape index (κ3) is 4.43. The minimum atomic E-state index is -2.49. The molecule has 0 unspecified atom stereocenters. The quantitative estimate of drug-likeness (QED) is 0.781. The molecule has 0 aromatic carbocycles. The summed E-state index contributed by atoms with van der Waals surface area (Å²) in [5.41, 5.74) is 2.02. The lowest BCUT2D eigenvalue weighted by Crippen LogP contribution is -2.48. The number of rotatable bonds is 3. The molecular formula is C23H31F2N5O. The van der Waals surface area contributed by atoms with Gasteiger partial charge in [-0.1, -0.05) is 20.8 Å². The highest BCUT2D eigenvalue weighted by atomic mass is 19.3. The fourth-order valence-corrected chi connectivity index (χ4v) is 4.55. The van der Waals surface area contributed by atoms with E-state index in [1.54, 1.807) is 12.3 Å². The van der Waals surface area contributed by atoms with Crippen LogP contribution >= 0.6 is 0 Å². The van der Waals surface area contributed by atoms with Crippen molar-refractivity contribution in [2.75, 3.05) is 18.4 Å². The molecule has 1 fully saturated rings. The number of amides is 1. The zero-order valence-corrected chi connectivity index (χ0v) is 18.6. The highest BCUT2D eigenvalue weighted by Crippen LogP contribution is 2.38. The molecule has 2 aromatic rings. The summed E-state index contributed by atoms with van der Waals surface area (Å²) in [6.07, 6.45) is 1.19. The molecule has 0 spiro atoms. The van der Waals surface area contributed by atoms with E-state index in [-0.39, 0.29) is 23.3 Å². The number of halogens is 2. The molecule has 1 saturated heterocycles. The Labute approximate surface area is 182 Å². The van der Waals surface area contributed by atoms with Gasteiger partial charge in [0.1, 0.15) is 11.9 Å². The summed E-state index contributed by atoms with van der Waals surface area (Å²) in [6.45, 7) is 9.21. The van der Waals surface area contributed by atoms with Crippen LogP contribution in [0.5, 0.6) is 0 Å². The number of carbonyl (C=O) groups excluding carboxylic acids is 1. The Morgan fingerprint density at radius 2 is 2.06 bits per heavy atom. The maximum absolute atomic E-state index is 13.9. The Morgan fingerprint density at radius 3 is 2.71 bits per heavy atom. The molecule has 2 aliphatic heterocycles. The van der Waals surface area contributed by atoms with E-state index in [9.17, 15) is 13.6 Å². The first-order chi connectivity index (χ1) is 14.6. The largest absolute Gasteiger partial charge is 0.367 e. The second kappa shape index (κ2) is 8.20. The van der Waals surface area contributed by atoms with Crippen LogP contribution in [0.25, 0.3) is 0 Å². The Hall–Kier alpha value is -2.51. The molecule has 3 atom stereocenters. The number of likely N-dealkylation sites (tertiary alicyclic amines) is 1. The molecule has 4 heterocycles. The molecular weight excluding hydrogens is 400 g/mol. The smallest absolute Gasteiger partial charge is 0.260 e. The van der Waals surface area contributed by atoms with Gasteiger partial charge in [-0.15, -0.1) is 0 Å². The molecule has 2 aromatic heterocycles. The Bertz CT molecular complexity index is 934. The van der Waals surface area contributed by atoms with Crippen LogP contribution in [-0.4, -0.2) is 51.1 Å². The van der Waals surface area contributed by atoms with Gasteiger partial charge in [-0.05, 0) is 44.2 Å². The molecule has 6 nitrogen and oxygen atoms in total. The van der Waals surface area contributed by atoms with E-state index in [4.69, 9.17) is 0 Å². The van der Waals surface area contributed by atoms with Gasteiger partial charge >= 0.3 is 0 Å². The van der Waals surface area contributed by atoms with Crippen molar-refractivity contribution in [1.29, 1.82) is 0 Å². The number of carbonyl (C=O) groups is 1. The predicted molar refractivity (Wildman–Crippen MR) is 116 cm³/mol. The van der Waals surface area contributed by atoms with Gasteiger partial charge in [-0.25, -0.2) is 13.5 Å². The molecule has 1 N–H and O–H groups in total. The Morgan fingerprint density at radius 1 is 1.29 bits per heavy atom. The third-order valence-corrected chi connectivity index (χ3v) is 6.41. The van der Waals surface area contributed by atoms with Crippen LogP contribution < -0.4 is 5.32 Å². The molecule has 31 heavy (non-hydrogen) atoms. The van der Waals surface area contributed by atoms with Gasteiger partial charge in [-0.2, -0.15) is 5.10 Å². The standard InChI is InChI=1S/C23H31F2N5O/c1-14-7-8-15(12-26-14)22(31)29-9-5-6-16(13-29)17-10-18(21(24)25)30-20(27-17)11-19(28-30)23(2,3)4/h7-8,11-12,16-18,21,27H,5-6,9-10,13H2,1-4H3/t16-,17-,18+/m0/s1. The molecule has 4 rings (SSSR count).